The van der Waals surface area contributed by atoms with Crippen LogP contribution in [0.4, 0.5) is 0 Å². The van der Waals surface area contributed by atoms with Crippen LogP contribution in [0.2, 0.25) is 4.34 Å². The number of aliphatic carboxylic acids is 1. The summed E-state index contributed by atoms with van der Waals surface area (Å²) in [6.45, 7) is 0. The van der Waals surface area contributed by atoms with Crippen LogP contribution in [0.15, 0.2) is 12.1 Å². The van der Waals surface area contributed by atoms with Crippen molar-refractivity contribution in [3.05, 3.63) is 21.3 Å². The van der Waals surface area contributed by atoms with E-state index in [1.807, 2.05) is 0 Å². The maximum Gasteiger partial charge on any atom is 0.306 e. The van der Waals surface area contributed by atoms with Crippen LogP contribution in [-0.4, -0.2) is 16.2 Å². The first-order valence-electron chi connectivity index (χ1n) is 5.25. The second-order valence-corrected chi connectivity index (χ2v) is 5.87. The highest BCUT2D eigenvalue weighted by Crippen LogP contribution is 2.42. The van der Waals surface area contributed by atoms with Gasteiger partial charge in [0.15, 0.2) is 0 Å². The van der Waals surface area contributed by atoms with Gasteiger partial charge in [0.1, 0.15) is 0 Å². The van der Waals surface area contributed by atoms with Gasteiger partial charge in [0, 0.05) is 10.8 Å². The summed E-state index contributed by atoms with van der Waals surface area (Å²) in [5, 5.41) is 19.2. The predicted octanol–water partition coefficient (Wildman–Crippen LogP) is 2.94. The van der Waals surface area contributed by atoms with E-state index in [9.17, 15) is 9.90 Å². The summed E-state index contributed by atoms with van der Waals surface area (Å²) in [6, 6.07) is 3.50. The summed E-state index contributed by atoms with van der Waals surface area (Å²) < 4.78 is 0.624. The maximum absolute atomic E-state index is 11.0. The Morgan fingerprint density at radius 3 is 2.81 bits per heavy atom. The van der Waals surface area contributed by atoms with Crippen molar-refractivity contribution in [2.45, 2.75) is 25.4 Å². The van der Waals surface area contributed by atoms with E-state index in [1.54, 1.807) is 12.1 Å². The van der Waals surface area contributed by atoms with Crippen molar-refractivity contribution in [2.75, 3.05) is 0 Å². The smallest absolute Gasteiger partial charge is 0.306 e. The fraction of sp³-hybridized carbons (Fsp3) is 0.545. The maximum atomic E-state index is 11.0. The third-order valence-corrected chi connectivity index (χ3v) is 4.48. The van der Waals surface area contributed by atoms with E-state index in [2.05, 4.69) is 0 Å². The highest BCUT2D eigenvalue weighted by Gasteiger charge is 2.38. The van der Waals surface area contributed by atoms with Gasteiger partial charge < -0.3 is 10.2 Å². The number of carboxylic acid groups (broad SMARTS) is 1. The molecule has 1 heterocycles. The van der Waals surface area contributed by atoms with E-state index in [1.165, 1.54) is 11.3 Å². The minimum atomic E-state index is -0.802. The Hall–Kier alpha value is -0.580. The van der Waals surface area contributed by atoms with E-state index < -0.39 is 18.0 Å². The molecule has 0 bridgehead atoms. The molecule has 0 aliphatic heterocycles. The van der Waals surface area contributed by atoms with Crippen molar-refractivity contribution in [1.82, 2.24) is 0 Å². The Morgan fingerprint density at radius 2 is 2.25 bits per heavy atom. The highest BCUT2D eigenvalue weighted by atomic mass is 35.5. The number of aliphatic hydroxyl groups excluding tert-OH is 1. The molecule has 3 atom stereocenters. The van der Waals surface area contributed by atoms with Crippen LogP contribution in [0.1, 0.15) is 30.2 Å². The molecule has 1 aliphatic rings. The topological polar surface area (TPSA) is 57.5 Å². The van der Waals surface area contributed by atoms with E-state index in [0.29, 0.717) is 10.8 Å². The molecule has 0 saturated heterocycles. The number of hydrogen-bond acceptors (Lipinski definition) is 3. The minimum Gasteiger partial charge on any atom is -0.481 e. The van der Waals surface area contributed by atoms with Gasteiger partial charge in [-0.15, -0.1) is 11.3 Å². The minimum absolute atomic E-state index is 0.174. The molecule has 0 spiro atoms. The number of aliphatic hydroxyl groups is 1. The lowest BCUT2D eigenvalue weighted by atomic mass is 9.90. The molecule has 1 fully saturated rings. The molecule has 16 heavy (non-hydrogen) atoms. The zero-order chi connectivity index (χ0) is 11.7. The van der Waals surface area contributed by atoms with Crippen LogP contribution < -0.4 is 0 Å². The van der Waals surface area contributed by atoms with Gasteiger partial charge in [-0.1, -0.05) is 18.0 Å². The molecule has 2 rings (SSSR count). The van der Waals surface area contributed by atoms with Crippen LogP contribution in [-0.2, 0) is 4.79 Å². The lowest BCUT2D eigenvalue weighted by molar-refractivity contribution is -0.144. The second-order valence-electron chi connectivity index (χ2n) is 4.13. The molecule has 0 amide bonds. The largest absolute Gasteiger partial charge is 0.481 e. The average molecular weight is 261 g/mol. The molecule has 1 aromatic heterocycles. The van der Waals surface area contributed by atoms with Crippen molar-refractivity contribution in [3.8, 4) is 0 Å². The first kappa shape index (κ1) is 11.9. The Kier molecular flexibility index (Phi) is 3.52. The van der Waals surface area contributed by atoms with Crippen molar-refractivity contribution in [1.29, 1.82) is 0 Å². The number of halogens is 1. The number of carboxylic acids is 1. The lowest BCUT2D eigenvalue weighted by Crippen LogP contribution is -2.23. The molecule has 1 aliphatic carbocycles. The zero-order valence-corrected chi connectivity index (χ0v) is 10.2. The molecule has 1 saturated carbocycles. The van der Waals surface area contributed by atoms with Crippen LogP contribution in [0, 0.1) is 11.8 Å². The van der Waals surface area contributed by atoms with E-state index in [-0.39, 0.29) is 5.92 Å². The quantitative estimate of drug-likeness (QED) is 0.879. The summed E-state index contributed by atoms with van der Waals surface area (Å²) in [5.41, 5.74) is 0. The van der Waals surface area contributed by atoms with Crippen LogP contribution in [0.5, 0.6) is 0 Å². The van der Waals surface area contributed by atoms with Gasteiger partial charge in [-0.05, 0) is 25.0 Å². The zero-order valence-electron chi connectivity index (χ0n) is 8.60. The number of carbonyl (C=O) groups is 1. The van der Waals surface area contributed by atoms with Gasteiger partial charge >= 0.3 is 5.97 Å². The Labute approximate surface area is 103 Å². The van der Waals surface area contributed by atoms with Crippen LogP contribution in [0.25, 0.3) is 0 Å². The monoisotopic (exact) mass is 260 g/mol. The average Bonchev–Trinajstić information content (AvgIpc) is 2.84. The summed E-state index contributed by atoms with van der Waals surface area (Å²) in [4.78, 5) is 11.8. The standard InChI is InChI=1S/C11H13ClO3S/c12-9-5-4-8(16-9)10(13)6-2-1-3-7(6)11(14)15/h4-7,10,13H,1-3H2,(H,14,15). The molecule has 3 unspecified atom stereocenters. The third-order valence-electron chi connectivity index (χ3n) is 3.18. The summed E-state index contributed by atoms with van der Waals surface area (Å²) in [7, 11) is 0. The molecule has 0 aromatic carbocycles. The van der Waals surface area contributed by atoms with Crippen molar-refractivity contribution in [2.24, 2.45) is 11.8 Å². The van der Waals surface area contributed by atoms with Crippen LogP contribution >= 0.6 is 22.9 Å². The molecular formula is C11H13ClO3S. The van der Waals surface area contributed by atoms with Gasteiger partial charge in [-0.25, -0.2) is 0 Å². The van der Waals surface area contributed by atoms with Crippen molar-refractivity contribution >= 4 is 28.9 Å². The van der Waals surface area contributed by atoms with E-state index in [0.717, 1.165) is 17.7 Å². The van der Waals surface area contributed by atoms with Crippen LogP contribution in [0.3, 0.4) is 0 Å². The molecule has 88 valence electrons. The first-order chi connectivity index (χ1) is 7.59. The van der Waals surface area contributed by atoms with Gasteiger partial charge in [-0.3, -0.25) is 4.79 Å². The normalized spacial score (nSPS) is 26.9. The van der Waals surface area contributed by atoms with E-state index >= 15 is 0 Å². The summed E-state index contributed by atoms with van der Waals surface area (Å²) >= 11 is 7.12. The second kappa shape index (κ2) is 4.73. The fourth-order valence-electron chi connectivity index (χ4n) is 2.37. The summed E-state index contributed by atoms with van der Waals surface area (Å²) in [6.07, 6.45) is 1.61. The molecule has 5 heteroatoms. The molecular weight excluding hydrogens is 248 g/mol. The van der Waals surface area contributed by atoms with Crippen molar-refractivity contribution < 1.29 is 15.0 Å². The Morgan fingerprint density at radius 1 is 1.50 bits per heavy atom. The molecule has 0 radical (unpaired) electrons. The van der Waals surface area contributed by atoms with E-state index in [4.69, 9.17) is 16.7 Å². The van der Waals surface area contributed by atoms with Gasteiger partial charge in [0.25, 0.3) is 0 Å². The van der Waals surface area contributed by atoms with Crippen molar-refractivity contribution in [3.63, 3.8) is 0 Å². The molecule has 3 nitrogen and oxygen atoms in total. The Balaban J connectivity index is 2.15. The fourth-order valence-corrected chi connectivity index (χ4v) is 3.49. The number of hydrogen-bond donors (Lipinski definition) is 2. The summed E-state index contributed by atoms with van der Waals surface area (Å²) in [5.74, 6) is -1.40. The number of rotatable bonds is 3. The third kappa shape index (κ3) is 2.24. The SMILES string of the molecule is O=C(O)C1CCCC1C(O)c1ccc(Cl)s1. The first-order valence-corrected chi connectivity index (χ1v) is 6.45. The lowest BCUT2D eigenvalue weighted by Gasteiger charge is -2.20. The Bertz CT molecular complexity index is 390. The molecule has 2 N–H and O–H groups in total. The van der Waals surface area contributed by atoms with Gasteiger partial charge in [0.2, 0.25) is 0 Å². The van der Waals surface area contributed by atoms with Gasteiger partial charge in [0.05, 0.1) is 16.4 Å². The molecule has 1 aromatic rings. The van der Waals surface area contributed by atoms with Gasteiger partial charge in [-0.2, -0.15) is 0 Å². The predicted molar refractivity (Wildman–Crippen MR) is 62.8 cm³/mol. The number of thiophene rings is 1. The highest BCUT2D eigenvalue weighted by molar-refractivity contribution is 7.16.